The van der Waals surface area contributed by atoms with Crippen LogP contribution in [0.1, 0.15) is 22.8 Å². The lowest BCUT2D eigenvalue weighted by molar-refractivity contribution is 0.101. The van der Waals surface area contributed by atoms with E-state index in [1.165, 1.54) is 6.92 Å². The molecule has 2 aromatic carbocycles. The fourth-order valence-electron chi connectivity index (χ4n) is 1.93. The molecule has 0 radical (unpaired) electrons. The number of fused-ring (bicyclic) bond motifs is 1. The molecule has 0 amide bonds. The van der Waals surface area contributed by atoms with Gasteiger partial charge in [-0.3, -0.25) is 9.35 Å². The van der Waals surface area contributed by atoms with E-state index >= 15 is 0 Å². The van der Waals surface area contributed by atoms with E-state index in [4.69, 9.17) is 4.55 Å². The third kappa shape index (κ3) is 2.75. The molecule has 4 nitrogen and oxygen atoms in total. The summed E-state index contributed by atoms with van der Waals surface area (Å²) >= 11 is 0. The number of carbonyl (C=O) groups excluding carboxylic acids is 1. The van der Waals surface area contributed by atoms with Gasteiger partial charge in [-0.15, -0.1) is 0 Å². The third-order valence-electron chi connectivity index (χ3n) is 2.67. The SMILES string of the molecule is CC(=O)c1cccc2ccc(CS(=O)(=O)O)cc12. The zero-order valence-electron chi connectivity index (χ0n) is 9.75. The Morgan fingerprint density at radius 1 is 1.22 bits per heavy atom. The number of carbonyl (C=O) groups is 1. The lowest BCUT2D eigenvalue weighted by atomic mass is 10.0. The summed E-state index contributed by atoms with van der Waals surface area (Å²) in [5.74, 6) is -0.528. The Hall–Kier alpha value is -1.72. The van der Waals surface area contributed by atoms with Crippen molar-refractivity contribution in [2.45, 2.75) is 12.7 Å². The lowest BCUT2D eigenvalue weighted by Gasteiger charge is -2.05. The molecule has 0 heterocycles. The average molecular weight is 264 g/mol. The Morgan fingerprint density at radius 3 is 2.56 bits per heavy atom. The Labute approximate surface area is 105 Å². The van der Waals surface area contributed by atoms with Crippen LogP contribution in [-0.4, -0.2) is 18.8 Å². The maximum Gasteiger partial charge on any atom is 0.269 e. The van der Waals surface area contributed by atoms with Crippen LogP contribution in [0, 0.1) is 0 Å². The molecular formula is C13H12O4S. The molecule has 2 aromatic rings. The summed E-state index contributed by atoms with van der Waals surface area (Å²) < 4.78 is 30.5. The third-order valence-corrected chi connectivity index (χ3v) is 3.37. The molecular weight excluding hydrogens is 252 g/mol. The molecule has 0 atom stereocenters. The van der Waals surface area contributed by atoms with E-state index in [-0.39, 0.29) is 5.78 Å². The van der Waals surface area contributed by atoms with Crippen molar-refractivity contribution in [2.75, 3.05) is 0 Å². The first-order valence-electron chi connectivity index (χ1n) is 5.34. The fourth-order valence-corrected chi connectivity index (χ4v) is 2.53. The van der Waals surface area contributed by atoms with Gasteiger partial charge in [0, 0.05) is 5.56 Å². The minimum absolute atomic E-state index is 0.0791. The molecule has 0 fully saturated rings. The van der Waals surface area contributed by atoms with Crippen molar-refractivity contribution in [2.24, 2.45) is 0 Å². The highest BCUT2D eigenvalue weighted by molar-refractivity contribution is 7.85. The van der Waals surface area contributed by atoms with E-state index in [1.807, 2.05) is 6.07 Å². The average Bonchev–Trinajstić information content (AvgIpc) is 2.25. The largest absolute Gasteiger partial charge is 0.294 e. The van der Waals surface area contributed by atoms with Gasteiger partial charge in [0.05, 0.1) is 0 Å². The zero-order valence-corrected chi connectivity index (χ0v) is 10.6. The number of rotatable bonds is 3. The number of ketones is 1. The Balaban J connectivity index is 2.62. The molecule has 18 heavy (non-hydrogen) atoms. The van der Waals surface area contributed by atoms with Crippen LogP contribution in [0.5, 0.6) is 0 Å². The van der Waals surface area contributed by atoms with Crippen molar-refractivity contribution in [1.82, 2.24) is 0 Å². The Kier molecular flexibility index (Phi) is 3.19. The van der Waals surface area contributed by atoms with E-state index in [0.717, 1.165) is 5.39 Å². The number of hydrogen-bond donors (Lipinski definition) is 1. The van der Waals surface area contributed by atoms with Crippen LogP contribution in [0.2, 0.25) is 0 Å². The van der Waals surface area contributed by atoms with Crippen molar-refractivity contribution in [3.8, 4) is 0 Å². The molecule has 0 unspecified atom stereocenters. The summed E-state index contributed by atoms with van der Waals surface area (Å²) in [6, 6.07) is 10.3. The number of hydrogen-bond acceptors (Lipinski definition) is 3. The van der Waals surface area contributed by atoms with Gasteiger partial charge in [0.2, 0.25) is 0 Å². The molecule has 0 saturated carbocycles. The first-order valence-corrected chi connectivity index (χ1v) is 6.95. The number of benzene rings is 2. The number of Topliss-reactive ketones (excluding diaryl/α,β-unsaturated/α-hetero) is 1. The molecule has 5 heteroatoms. The van der Waals surface area contributed by atoms with Crippen LogP contribution in [-0.2, 0) is 15.9 Å². The summed E-state index contributed by atoms with van der Waals surface area (Å²) in [4.78, 5) is 11.5. The molecule has 0 aliphatic carbocycles. The smallest absolute Gasteiger partial charge is 0.269 e. The van der Waals surface area contributed by atoms with Gasteiger partial charge in [-0.25, -0.2) is 0 Å². The Morgan fingerprint density at radius 2 is 1.94 bits per heavy atom. The van der Waals surface area contributed by atoms with Crippen LogP contribution in [0.4, 0.5) is 0 Å². The van der Waals surface area contributed by atoms with E-state index in [0.29, 0.717) is 16.5 Å². The first-order chi connectivity index (χ1) is 8.37. The molecule has 0 aromatic heterocycles. The minimum atomic E-state index is -4.06. The highest BCUT2D eigenvalue weighted by Crippen LogP contribution is 2.21. The lowest BCUT2D eigenvalue weighted by Crippen LogP contribution is -2.02. The van der Waals surface area contributed by atoms with Gasteiger partial charge >= 0.3 is 0 Å². The van der Waals surface area contributed by atoms with Crippen LogP contribution in [0.25, 0.3) is 10.8 Å². The summed E-state index contributed by atoms with van der Waals surface area (Å²) in [5.41, 5.74) is 1.00. The molecule has 0 aliphatic heterocycles. The summed E-state index contributed by atoms with van der Waals surface area (Å²) in [6.45, 7) is 1.46. The highest BCUT2D eigenvalue weighted by atomic mass is 32.2. The Bertz CT molecular complexity index is 717. The van der Waals surface area contributed by atoms with Crippen molar-refractivity contribution in [1.29, 1.82) is 0 Å². The van der Waals surface area contributed by atoms with Crippen LogP contribution >= 0.6 is 0 Å². The standard InChI is InChI=1S/C13H12O4S/c1-9(14)12-4-2-3-11-6-5-10(7-13(11)12)8-18(15,16)17/h2-7H,8H2,1H3,(H,15,16,17). The fraction of sp³-hybridized carbons (Fsp3) is 0.154. The maximum absolute atomic E-state index is 11.5. The summed E-state index contributed by atoms with van der Waals surface area (Å²) in [7, 11) is -4.06. The summed E-state index contributed by atoms with van der Waals surface area (Å²) in [6.07, 6.45) is 0. The molecule has 94 valence electrons. The highest BCUT2D eigenvalue weighted by Gasteiger charge is 2.10. The van der Waals surface area contributed by atoms with Crippen molar-refractivity contribution >= 4 is 26.7 Å². The van der Waals surface area contributed by atoms with Gasteiger partial charge in [0.1, 0.15) is 5.75 Å². The quantitative estimate of drug-likeness (QED) is 0.682. The molecule has 0 aliphatic rings. The zero-order chi connectivity index (χ0) is 13.3. The van der Waals surface area contributed by atoms with Crippen molar-refractivity contribution < 1.29 is 17.8 Å². The normalized spacial score (nSPS) is 11.7. The second kappa shape index (κ2) is 4.51. The van der Waals surface area contributed by atoms with E-state index < -0.39 is 15.9 Å². The molecule has 0 spiro atoms. The van der Waals surface area contributed by atoms with Crippen molar-refractivity contribution in [3.05, 3.63) is 47.5 Å². The van der Waals surface area contributed by atoms with E-state index in [9.17, 15) is 13.2 Å². The van der Waals surface area contributed by atoms with Crippen LogP contribution < -0.4 is 0 Å². The van der Waals surface area contributed by atoms with Gasteiger partial charge in [0.25, 0.3) is 10.1 Å². The molecule has 0 bridgehead atoms. The molecule has 1 N–H and O–H groups in total. The predicted octanol–water partition coefficient (Wildman–Crippen LogP) is 2.43. The first kappa shape index (κ1) is 12.7. The second-order valence-corrected chi connectivity index (χ2v) is 5.60. The summed E-state index contributed by atoms with van der Waals surface area (Å²) in [5, 5.41) is 1.56. The van der Waals surface area contributed by atoms with Gasteiger partial charge in [0.15, 0.2) is 5.78 Å². The molecule has 0 saturated heterocycles. The van der Waals surface area contributed by atoms with E-state index in [1.54, 1.807) is 30.3 Å². The predicted molar refractivity (Wildman–Crippen MR) is 69.2 cm³/mol. The van der Waals surface area contributed by atoms with E-state index in [2.05, 4.69) is 0 Å². The van der Waals surface area contributed by atoms with Crippen LogP contribution in [0.3, 0.4) is 0 Å². The van der Waals surface area contributed by atoms with Gasteiger partial charge < -0.3 is 0 Å². The maximum atomic E-state index is 11.5. The minimum Gasteiger partial charge on any atom is -0.294 e. The van der Waals surface area contributed by atoms with Gasteiger partial charge in [-0.2, -0.15) is 8.42 Å². The van der Waals surface area contributed by atoms with Gasteiger partial charge in [-0.1, -0.05) is 30.3 Å². The van der Waals surface area contributed by atoms with Gasteiger partial charge in [-0.05, 0) is 29.3 Å². The molecule has 2 rings (SSSR count). The monoisotopic (exact) mass is 264 g/mol. The topological polar surface area (TPSA) is 71.4 Å². The second-order valence-electron chi connectivity index (χ2n) is 4.14. The van der Waals surface area contributed by atoms with Crippen LogP contribution in [0.15, 0.2) is 36.4 Å². The van der Waals surface area contributed by atoms with Crippen molar-refractivity contribution in [3.63, 3.8) is 0 Å².